The summed E-state index contributed by atoms with van der Waals surface area (Å²) in [6.45, 7) is 3.22. The number of ether oxygens (including phenoxy) is 1. The molecule has 0 fully saturated rings. The Morgan fingerprint density at radius 1 is 1.45 bits per heavy atom. The van der Waals surface area contributed by atoms with Crippen molar-refractivity contribution in [2.75, 3.05) is 11.9 Å². The monoisotopic (exact) mass is 313 g/mol. The molecule has 0 aromatic carbocycles. The molecule has 1 N–H and O–H groups in total. The van der Waals surface area contributed by atoms with Crippen LogP contribution < -0.4 is 5.32 Å². The predicted molar refractivity (Wildman–Crippen MR) is 64.6 cm³/mol. The summed E-state index contributed by atoms with van der Waals surface area (Å²) in [6.07, 6.45) is -4.10. The number of nitrogens with one attached hydrogen (secondary N) is 1. The molecule has 1 aromatic heterocycles. The SMILES string of the molecule is CCOC(=O)c1sc(NC(=O)C(F)(F)C(F)F)cc1C. The maximum atomic E-state index is 12.8. The largest absolute Gasteiger partial charge is 0.462 e. The molecule has 0 aliphatic rings. The van der Waals surface area contributed by atoms with Crippen LogP contribution in [0.3, 0.4) is 0 Å². The molecular formula is C11H11F4NO3S. The van der Waals surface area contributed by atoms with Crippen LogP contribution in [-0.2, 0) is 9.53 Å². The number of amides is 1. The molecule has 9 heteroatoms. The van der Waals surface area contributed by atoms with E-state index in [0.717, 1.165) is 0 Å². The standard InChI is InChI=1S/C11H11F4NO3S/c1-3-19-8(17)7-5(2)4-6(20-7)16-10(18)11(14,15)9(12)13/h4,9H,3H2,1-2H3,(H,16,18). The van der Waals surface area contributed by atoms with Gasteiger partial charge in [-0.1, -0.05) is 0 Å². The first-order valence-electron chi connectivity index (χ1n) is 5.45. The van der Waals surface area contributed by atoms with E-state index in [4.69, 9.17) is 4.74 Å². The van der Waals surface area contributed by atoms with Gasteiger partial charge in [-0.25, -0.2) is 13.6 Å². The average Bonchev–Trinajstić information content (AvgIpc) is 2.70. The minimum atomic E-state index is -4.79. The summed E-state index contributed by atoms with van der Waals surface area (Å²) in [7, 11) is 0. The topological polar surface area (TPSA) is 55.4 Å². The van der Waals surface area contributed by atoms with Crippen molar-refractivity contribution < 1.29 is 31.9 Å². The second-order valence-corrected chi connectivity index (χ2v) is 4.77. The number of halogens is 4. The predicted octanol–water partition coefficient (Wildman–Crippen LogP) is 3.07. The maximum Gasteiger partial charge on any atom is 0.383 e. The summed E-state index contributed by atoms with van der Waals surface area (Å²) in [5.41, 5.74) is 0.393. The molecule has 1 aromatic rings. The smallest absolute Gasteiger partial charge is 0.383 e. The van der Waals surface area contributed by atoms with Crippen LogP contribution in [0.4, 0.5) is 22.6 Å². The van der Waals surface area contributed by atoms with Crippen molar-refractivity contribution >= 4 is 28.2 Å². The van der Waals surface area contributed by atoms with E-state index in [2.05, 4.69) is 0 Å². The number of esters is 1. The maximum absolute atomic E-state index is 12.8. The van der Waals surface area contributed by atoms with Gasteiger partial charge in [-0.05, 0) is 25.5 Å². The molecular weight excluding hydrogens is 302 g/mol. The van der Waals surface area contributed by atoms with Gasteiger partial charge in [0, 0.05) is 0 Å². The molecule has 0 bridgehead atoms. The Labute approximate surface area is 115 Å². The van der Waals surface area contributed by atoms with Crippen molar-refractivity contribution in [1.29, 1.82) is 0 Å². The Balaban J connectivity index is 2.88. The van der Waals surface area contributed by atoms with Crippen LogP contribution in [0.2, 0.25) is 0 Å². The van der Waals surface area contributed by atoms with Gasteiger partial charge in [0.15, 0.2) is 0 Å². The number of alkyl halides is 4. The van der Waals surface area contributed by atoms with Gasteiger partial charge < -0.3 is 10.1 Å². The summed E-state index contributed by atoms with van der Waals surface area (Å²) in [5, 5.41) is 1.53. The van der Waals surface area contributed by atoms with Crippen molar-refractivity contribution in [3.05, 3.63) is 16.5 Å². The Bertz CT molecular complexity index is 516. The Morgan fingerprint density at radius 2 is 2.05 bits per heavy atom. The van der Waals surface area contributed by atoms with Crippen molar-refractivity contribution in [3.8, 4) is 0 Å². The van der Waals surface area contributed by atoms with E-state index < -0.39 is 24.2 Å². The molecule has 0 unspecified atom stereocenters. The van der Waals surface area contributed by atoms with Gasteiger partial charge in [0.05, 0.1) is 11.6 Å². The number of aryl methyl sites for hydroxylation is 1. The van der Waals surface area contributed by atoms with Gasteiger partial charge in [0.2, 0.25) is 0 Å². The van der Waals surface area contributed by atoms with Crippen molar-refractivity contribution in [2.45, 2.75) is 26.2 Å². The van der Waals surface area contributed by atoms with E-state index in [1.807, 2.05) is 0 Å². The first-order chi connectivity index (χ1) is 9.20. The summed E-state index contributed by atoms with van der Waals surface area (Å²) in [5.74, 6) is -7.58. The van der Waals surface area contributed by atoms with Crippen LogP contribution in [-0.4, -0.2) is 30.8 Å². The number of thiophene rings is 1. The molecule has 4 nitrogen and oxygen atoms in total. The zero-order valence-electron chi connectivity index (χ0n) is 10.5. The highest BCUT2D eigenvalue weighted by atomic mass is 32.1. The van der Waals surface area contributed by atoms with Crippen molar-refractivity contribution in [1.82, 2.24) is 0 Å². The fourth-order valence-electron chi connectivity index (χ4n) is 1.24. The zero-order chi connectivity index (χ0) is 15.5. The third-order valence-corrected chi connectivity index (χ3v) is 3.32. The van der Waals surface area contributed by atoms with E-state index in [0.29, 0.717) is 16.9 Å². The summed E-state index contributed by atoms with van der Waals surface area (Å²) in [6, 6.07) is 1.23. The lowest BCUT2D eigenvalue weighted by molar-refractivity contribution is -0.163. The Hall–Kier alpha value is -1.64. The van der Waals surface area contributed by atoms with E-state index in [9.17, 15) is 27.2 Å². The van der Waals surface area contributed by atoms with Crippen molar-refractivity contribution in [3.63, 3.8) is 0 Å². The first kappa shape index (κ1) is 16.4. The van der Waals surface area contributed by atoms with E-state index >= 15 is 0 Å². The molecule has 0 saturated heterocycles. The third kappa shape index (κ3) is 3.47. The Kier molecular flexibility index (Phi) is 5.09. The van der Waals surface area contributed by atoms with Crippen molar-refractivity contribution in [2.24, 2.45) is 0 Å². The van der Waals surface area contributed by atoms with Crippen LogP contribution in [0.25, 0.3) is 0 Å². The normalized spacial score (nSPS) is 11.6. The number of rotatable bonds is 5. The molecule has 0 radical (unpaired) electrons. The fourth-order valence-corrected chi connectivity index (χ4v) is 2.20. The second-order valence-electron chi connectivity index (χ2n) is 3.72. The Morgan fingerprint density at radius 3 is 2.55 bits per heavy atom. The first-order valence-corrected chi connectivity index (χ1v) is 6.26. The number of anilines is 1. The highest BCUT2D eigenvalue weighted by Crippen LogP contribution is 2.30. The average molecular weight is 313 g/mol. The minimum absolute atomic E-state index is 0.113. The van der Waals surface area contributed by atoms with Gasteiger partial charge in [0.1, 0.15) is 4.88 Å². The van der Waals surface area contributed by atoms with Crippen LogP contribution in [0.15, 0.2) is 6.07 Å². The summed E-state index contributed by atoms with van der Waals surface area (Å²) in [4.78, 5) is 22.6. The fraction of sp³-hybridized carbons (Fsp3) is 0.455. The highest BCUT2D eigenvalue weighted by Gasteiger charge is 2.49. The lowest BCUT2D eigenvalue weighted by atomic mass is 10.3. The quantitative estimate of drug-likeness (QED) is 0.671. The molecule has 112 valence electrons. The van der Waals surface area contributed by atoms with Crippen LogP contribution in [0, 0.1) is 6.92 Å². The van der Waals surface area contributed by atoms with E-state index in [-0.39, 0.29) is 16.5 Å². The molecule has 0 spiro atoms. The molecule has 0 aliphatic carbocycles. The molecule has 1 amide bonds. The lowest BCUT2D eigenvalue weighted by Gasteiger charge is -2.13. The van der Waals surface area contributed by atoms with Gasteiger partial charge in [-0.3, -0.25) is 4.79 Å². The number of hydrogen-bond acceptors (Lipinski definition) is 4. The highest BCUT2D eigenvalue weighted by molar-refractivity contribution is 7.18. The molecule has 0 aliphatic heterocycles. The summed E-state index contributed by atoms with van der Waals surface area (Å²) < 4.78 is 54.2. The molecule has 1 heterocycles. The molecule has 0 atom stereocenters. The number of hydrogen-bond donors (Lipinski definition) is 1. The molecule has 1 rings (SSSR count). The zero-order valence-corrected chi connectivity index (χ0v) is 11.3. The minimum Gasteiger partial charge on any atom is -0.462 e. The van der Waals surface area contributed by atoms with Crippen LogP contribution >= 0.6 is 11.3 Å². The summed E-state index contributed by atoms with van der Waals surface area (Å²) >= 11 is 0.679. The van der Waals surface area contributed by atoms with E-state index in [1.165, 1.54) is 13.0 Å². The van der Waals surface area contributed by atoms with E-state index in [1.54, 1.807) is 12.2 Å². The van der Waals surface area contributed by atoms with Gasteiger partial charge in [-0.2, -0.15) is 8.78 Å². The third-order valence-electron chi connectivity index (χ3n) is 2.19. The van der Waals surface area contributed by atoms with Crippen LogP contribution in [0.5, 0.6) is 0 Å². The van der Waals surface area contributed by atoms with Gasteiger partial charge in [-0.15, -0.1) is 11.3 Å². The second kappa shape index (κ2) is 6.21. The number of carbonyl (C=O) groups excluding carboxylic acids is 2. The van der Waals surface area contributed by atoms with Gasteiger partial charge >= 0.3 is 24.2 Å². The lowest BCUT2D eigenvalue weighted by Crippen LogP contribution is -2.40. The molecule has 20 heavy (non-hydrogen) atoms. The van der Waals surface area contributed by atoms with Crippen LogP contribution in [0.1, 0.15) is 22.2 Å². The number of carbonyl (C=O) groups is 2. The van der Waals surface area contributed by atoms with Gasteiger partial charge in [0.25, 0.3) is 0 Å². The molecule has 0 saturated carbocycles.